The molecule has 10 heteroatoms. The maximum atomic E-state index is 13.8. The first kappa shape index (κ1) is 29.9. The molecule has 7 nitrogen and oxygen atoms in total. The molecule has 1 fully saturated rings. The van der Waals surface area contributed by atoms with E-state index in [1.165, 1.54) is 23.9 Å². The van der Waals surface area contributed by atoms with Gasteiger partial charge in [-0.25, -0.2) is 0 Å². The van der Waals surface area contributed by atoms with Crippen LogP contribution in [0.1, 0.15) is 42.4 Å². The van der Waals surface area contributed by atoms with Gasteiger partial charge < -0.3 is 10.2 Å². The van der Waals surface area contributed by atoms with Crippen molar-refractivity contribution in [2.75, 3.05) is 5.75 Å². The summed E-state index contributed by atoms with van der Waals surface area (Å²) < 4.78 is 0. The van der Waals surface area contributed by atoms with E-state index in [4.69, 9.17) is 23.2 Å². The molecule has 1 unspecified atom stereocenters. The van der Waals surface area contributed by atoms with Crippen molar-refractivity contribution in [3.63, 3.8) is 0 Å². The van der Waals surface area contributed by atoms with Gasteiger partial charge in [0.2, 0.25) is 11.8 Å². The summed E-state index contributed by atoms with van der Waals surface area (Å²) in [5.74, 6) is 0.196. The molecular formula is C30H31Cl2N3O4S. The number of non-ortho nitro benzene ring substituents is 1. The Bertz CT molecular complexity index is 1300. The molecule has 0 bridgehead atoms. The van der Waals surface area contributed by atoms with Crippen LogP contribution in [0, 0.1) is 10.1 Å². The van der Waals surface area contributed by atoms with Gasteiger partial charge in [0.25, 0.3) is 5.69 Å². The Balaban J connectivity index is 1.58. The molecule has 1 aliphatic rings. The summed E-state index contributed by atoms with van der Waals surface area (Å²) in [6.45, 7) is 0.0883. The zero-order chi connectivity index (χ0) is 28.5. The van der Waals surface area contributed by atoms with Gasteiger partial charge in [0.15, 0.2) is 0 Å². The lowest BCUT2D eigenvalue weighted by atomic mass is 10.0. The fourth-order valence-corrected chi connectivity index (χ4v) is 6.22. The molecule has 0 aliphatic heterocycles. The number of nitrogens with zero attached hydrogens (tertiary/aromatic N) is 2. The van der Waals surface area contributed by atoms with Crippen LogP contribution in [-0.4, -0.2) is 39.5 Å². The molecule has 1 atom stereocenters. The number of nitrogens with one attached hydrogen (secondary N) is 1. The topological polar surface area (TPSA) is 92.6 Å². The third-order valence-electron chi connectivity index (χ3n) is 7.00. The van der Waals surface area contributed by atoms with E-state index in [1.807, 2.05) is 30.3 Å². The molecule has 1 aliphatic carbocycles. The highest BCUT2D eigenvalue weighted by atomic mass is 35.5. The second kappa shape index (κ2) is 14.5. The predicted octanol–water partition coefficient (Wildman–Crippen LogP) is 6.83. The SMILES string of the molecule is O=C(NC1CCCC1)C(Cc1ccccc1)N(Cc1c(Cl)cccc1Cl)C(=O)CSCc1ccc([N+](=O)[O-])cc1. The van der Waals surface area contributed by atoms with Gasteiger partial charge in [-0.15, -0.1) is 11.8 Å². The molecular weight excluding hydrogens is 569 g/mol. The van der Waals surface area contributed by atoms with E-state index >= 15 is 0 Å². The Labute approximate surface area is 248 Å². The molecule has 2 amide bonds. The van der Waals surface area contributed by atoms with E-state index in [2.05, 4.69) is 5.32 Å². The highest BCUT2D eigenvalue weighted by Crippen LogP contribution is 2.28. The number of hydrogen-bond donors (Lipinski definition) is 1. The normalized spacial score (nSPS) is 14.1. The molecule has 0 heterocycles. The molecule has 3 aromatic rings. The van der Waals surface area contributed by atoms with E-state index in [0.717, 1.165) is 36.8 Å². The number of benzene rings is 3. The van der Waals surface area contributed by atoms with E-state index in [1.54, 1.807) is 35.2 Å². The number of nitro groups is 1. The van der Waals surface area contributed by atoms with Gasteiger partial charge in [-0.1, -0.05) is 84.6 Å². The first-order valence-corrected chi connectivity index (χ1v) is 15.1. The lowest BCUT2D eigenvalue weighted by Crippen LogP contribution is -2.52. The lowest BCUT2D eigenvalue weighted by molar-refractivity contribution is -0.384. The number of carbonyl (C=O) groups is 2. The maximum absolute atomic E-state index is 13.8. The standard InChI is InChI=1S/C30H31Cl2N3O4S/c31-26-11-6-12-27(32)25(26)18-34(29(36)20-40-19-22-13-15-24(16-14-22)35(38)39)28(17-21-7-2-1-3-8-21)30(37)33-23-9-4-5-10-23/h1-3,6-8,11-16,23,28H,4-5,9-10,17-20H2,(H,33,37). The van der Waals surface area contributed by atoms with Gasteiger partial charge in [-0.05, 0) is 36.1 Å². The van der Waals surface area contributed by atoms with Crippen LogP contribution in [-0.2, 0) is 28.3 Å². The highest BCUT2D eigenvalue weighted by Gasteiger charge is 2.32. The molecule has 0 spiro atoms. The average molecular weight is 601 g/mol. The van der Waals surface area contributed by atoms with Crippen LogP contribution in [0.3, 0.4) is 0 Å². The number of halogens is 2. The van der Waals surface area contributed by atoms with E-state index in [-0.39, 0.29) is 35.8 Å². The second-order valence-electron chi connectivity index (χ2n) is 9.83. The first-order valence-electron chi connectivity index (χ1n) is 13.2. The van der Waals surface area contributed by atoms with Gasteiger partial charge in [0, 0.05) is 52.5 Å². The van der Waals surface area contributed by atoms with Crippen LogP contribution in [0.15, 0.2) is 72.8 Å². The minimum atomic E-state index is -0.761. The zero-order valence-corrected chi connectivity index (χ0v) is 24.3. The monoisotopic (exact) mass is 599 g/mol. The van der Waals surface area contributed by atoms with Crippen molar-refractivity contribution in [2.24, 2.45) is 0 Å². The van der Waals surface area contributed by atoms with Crippen molar-refractivity contribution in [3.8, 4) is 0 Å². The van der Waals surface area contributed by atoms with Crippen LogP contribution >= 0.6 is 35.0 Å². The van der Waals surface area contributed by atoms with Crippen molar-refractivity contribution < 1.29 is 14.5 Å². The molecule has 4 rings (SSSR count). The van der Waals surface area contributed by atoms with Crippen LogP contribution in [0.25, 0.3) is 0 Å². The third kappa shape index (κ3) is 8.22. The number of amides is 2. The van der Waals surface area contributed by atoms with Gasteiger partial charge in [0.1, 0.15) is 6.04 Å². The molecule has 1 saturated carbocycles. The minimum absolute atomic E-state index is 0.0182. The number of hydrogen-bond acceptors (Lipinski definition) is 5. The highest BCUT2D eigenvalue weighted by molar-refractivity contribution is 7.99. The lowest BCUT2D eigenvalue weighted by Gasteiger charge is -2.33. The predicted molar refractivity (Wildman–Crippen MR) is 161 cm³/mol. The fraction of sp³-hybridized carbons (Fsp3) is 0.333. The Morgan fingerprint density at radius 2 is 1.60 bits per heavy atom. The van der Waals surface area contributed by atoms with Gasteiger partial charge in [-0.3, -0.25) is 19.7 Å². The first-order chi connectivity index (χ1) is 19.3. The average Bonchev–Trinajstić information content (AvgIpc) is 3.46. The van der Waals surface area contributed by atoms with Gasteiger partial charge in [0.05, 0.1) is 10.7 Å². The van der Waals surface area contributed by atoms with Crippen molar-refractivity contribution in [1.82, 2.24) is 10.2 Å². The number of rotatable bonds is 12. The summed E-state index contributed by atoms with van der Waals surface area (Å²) in [5, 5.41) is 15.0. The molecule has 210 valence electrons. The van der Waals surface area contributed by atoms with Crippen LogP contribution < -0.4 is 5.32 Å². The van der Waals surface area contributed by atoms with Crippen LogP contribution in [0.4, 0.5) is 5.69 Å². The molecule has 0 aromatic heterocycles. The number of carbonyl (C=O) groups excluding carboxylic acids is 2. The van der Waals surface area contributed by atoms with Crippen LogP contribution in [0.2, 0.25) is 10.0 Å². The summed E-state index contributed by atoms with van der Waals surface area (Å²) >= 11 is 14.4. The van der Waals surface area contributed by atoms with Crippen LogP contribution in [0.5, 0.6) is 0 Å². The van der Waals surface area contributed by atoms with Crippen molar-refractivity contribution in [1.29, 1.82) is 0 Å². The van der Waals surface area contributed by atoms with Gasteiger partial charge >= 0.3 is 0 Å². The number of nitro benzene ring substituents is 1. The zero-order valence-electron chi connectivity index (χ0n) is 21.9. The molecule has 0 radical (unpaired) electrons. The van der Waals surface area contributed by atoms with Crippen molar-refractivity contribution in [2.45, 2.75) is 56.5 Å². The smallest absolute Gasteiger partial charge is 0.269 e. The summed E-state index contributed by atoms with van der Waals surface area (Å²) in [6, 6.07) is 20.4. The quantitative estimate of drug-likeness (QED) is 0.182. The third-order valence-corrected chi connectivity index (χ3v) is 8.70. The number of thioether (sulfide) groups is 1. The molecule has 0 saturated heterocycles. The largest absolute Gasteiger partial charge is 0.352 e. The minimum Gasteiger partial charge on any atom is -0.352 e. The maximum Gasteiger partial charge on any atom is 0.269 e. The summed E-state index contributed by atoms with van der Waals surface area (Å²) in [6.07, 6.45) is 4.36. The molecule has 1 N–H and O–H groups in total. The summed E-state index contributed by atoms with van der Waals surface area (Å²) in [5.41, 5.74) is 2.41. The second-order valence-corrected chi connectivity index (χ2v) is 11.6. The fourth-order valence-electron chi connectivity index (χ4n) is 4.83. The van der Waals surface area contributed by atoms with E-state index in [0.29, 0.717) is 27.8 Å². The summed E-state index contributed by atoms with van der Waals surface area (Å²) in [7, 11) is 0. The molecule has 40 heavy (non-hydrogen) atoms. The Hall–Kier alpha value is -3.07. The Kier molecular flexibility index (Phi) is 10.9. The van der Waals surface area contributed by atoms with Crippen molar-refractivity contribution in [3.05, 3.63) is 110 Å². The summed E-state index contributed by atoms with van der Waals surface area (Å²) in [4.78, 5) is 39.7. The molecule has 3 aromatic carbocycles. The van der Waals surface area contributed by atoms with Gasteiger partial charge in [-0.2, -0.15) is 0 Å². The Morgan fingerprint density at radius 3 is 2.23 bits per heavy atom. The Morgan fingerprint density at radius 1 is 0.950 bits per heavy atom. The van der Waals surface area contributed by atoms with E-state index < -0.39 is 11.0 Å². The van der Waals surface area contributed by atoms with E-state index in [9.17, 15) is 19.7 Å². The van der Waals surface area contributed by atoms with Crippen molar-refractivity contribution >= 4 is 52.5 Å².